The number of rotatable bonds is 4. The van der Waals surface area contributed by atoms with Crippen LogP contribution in [0, 0.1) is 13.8 Å². The molecule has 0 atom stereocenters. The molecule has 0 saturated carbocycles. The van der Waals surface area contributed by atoms with Crippen LogP contribution in [-0.2, 0) is 6.42 Å². The molecule has 0 radical (unpaired) electrons. The van der Waals surface area contributed by atoms with Gasteiger partial charge in [0, 0.05) is 16.5 Å². The first-order valence-electron chi connectivity index (χ1n) is 12.9. The van der Waals surface area contributed by atoms with Crippen LogP contribution >= 0.6 is 0 Å². The molecule has 0 unspecified atom stereocenters. The predicted octanol–water partition coefficient (Wildman–Crippen LogP) is 9.71. The van der Waals surface area contributed by atoms with Crippen LogP contribution in [0.3, 0.4) is 0 Å². The maximum Gasteiger partial charge on any atom is 0.0544 e. The van der Waals surface area contributed by atoms with E-state index in [4.69, 9.17) is 0 Å². The maximum absolute atomic E-state index is 2.37. The van der Waals surface area contributed by atoms with Gasteiger partial charge in [-0.1, -0.05) is 110 Å². The van der Waals surface area contributed by atoms with Gasteiger partial charge in [-0.3, -0.25) is 0 Å². The summed E-state index contributed by atoms with van der Waals surface area (Å²) in [7, 11) is 0. The quantitative estimate of drug-likeness (QED) is 0.243. The van der Waals surface area contributed by atoms with Gasteiger partial charge in [0.05, 0.1) is 11.0 Å². The molecule has 0 N–H and O–H groups in total. The Morgan fingerprint density at radius 1 is 0.556 bits per heavy atom. The van der Waals surface area contributed by atoms with Gasteiger partial charge in [0.2, 0.25) is 0 Å². The molecule has 6 aromatic rings. The summed E-state index contributed by atoms with van der Waals surface area (Å²) in [4.78, 5) is 0. The van der Waals surface area contributed by atoms with E-state index in [1.54, 1.807) is 0 Å². The first-order chi connectivity index (χ1) is 17.7. The lowest BCUT2D eigenvalue weighted by Gasteiger charge is -2.12. The summed E-state index contributed by atoms with van der Waals surface area (Å²) in [6.07, 6.45) is 2.45. The molecule has 0 fully saturated rings. The molecule has 0 aliphatic heterocycles. The van der Waals surface area contributed by atoms with E-state index in [0.29, 0.717) is 0 Å². The van der Waals surface area contributed by atoms with Crippen molar-refractivity contribution in [2.24, 2.45) is 0 Å². The first-order valence-corrected chi connectivity index (χ1v) is 12.9. The van der Waals surface area contributed by atoms with Crippen LogP contribution in [0.15, 0.2) is 121 Å². The molecule has 0 spiro atoms. The third-order valence-corrected chi connectivity index (χ3v) is 6.93. The summed E-state index contributed by atoms with van der Waals surface area (Å²) < 4.78 is 2.37. The molecule has 36 heavy (non-hydrogen) atoms. The minimum Gasteiger partial charge on any atom is -0.309 e. The number of hydrogen-bond donors (Lipinski definition) is 0. The summed E-state index contributed by atoms with van der Waals surface area (Å²) in [6.45, 7) is 6.64. The van der Waals surface area contributed by atoms with Crippen LogP contribution < -0.4 is 0 Å². The molecular weight excluding hydrogens is 434 g/mol. The molecule has 0 aliphatic carbocycles. The number of benzene rings is 5. The lowest BCUT2D eigenvalue weighted by molar-refractivity contribution is 0.922. The Morgan fingerprint density at radius 3 is 1.92 bits per heavy atom. The van der Waals surface area contributed by atoms with Crippen molar-refractivity contribution >= 4 is 21.8 Å². The number of aryl methyl sites for hydroxylation is 3. The molecule has 0 saturated heterocycles. The SMILES string of the molecule is CCCc1ccccc1.Cc1ccccc1-c1ccc2c(c1C)c1ccccc1n2-c1ccccc1. The average Bonchev–Trinajstić information content (AvgIpc) is 3.26. The van der Waals surface area contributed by atoms with Crippen molar-refractivity contribution in [2.75, 3.05) is 0 Å². The van der Waals surface area contributed by atoms with Gasteiger partial charge in [0.15, 0.2) is 0 Å². The fourth-order valence-corrected chi connectivity index (χ4v) is 5.19. The van der Waals surface area contributed by atoms with Crippen molar-refractivity contribution in [3.63, 3.8) is 0 Å². The van der Waals surface area contributed by atoms with Gasteiger partial charge in [0.25, 0.3) is 0 Å². The molecule has 0 aliphatic rings. The Balaban J connectivity index is 0.000000252. The second-order valence-corrected chi connectivity index (χ2v) is 9.37. The fraction of sp³-hybridized carbons (Fsp3) is 0.143. The highest BCUT2D eigenvalue weighted by atomic mass is 15.0. The Morgan fingerprint density at radius 2 is 1.19 bits per heavy atom. The molecule has 6 rings (SSSR count). The molecule has 5 aromatic carbocycles. The highest BCUT2D eigenvalue weighted by Crippen LogP contribution is 2.38. The van der Waals surface area contributed by atoms with Crippen LogP contribution in [-0.4, -0.2) is 4.57 Å². The van der Waals surface area contributed by atoms with Crippen LogP contribution in [0.2, 0.25) is 0 Å². The molecular formula is C35H33N. The summed E-state index contributed by atoms with van der Waals surface area (Å²) in [6, 6.07) is 43.1. The van der Waals surface area contributed by atoms with Crippen LogP contribution in [0.5, 0.6) is 0 Å². The zero-order valence-electron chi connectivity index (χ0n) is 21.4. The summed E-state index contributed by atoms with van der Waals surface area (Å²) in [5.74, 6) is 0. The number of nitrogens with zero attached hydrogens (tertiary/aromatic N) is 1. The lowest BCUT2D eigenvalue weighted by Crippen LogP contribution is -1.94. The Kier molecular flexibility index (Phi) is 7.00. The number of para-hydroxylation sites is 2. The van der Waals surface area contributed by atoms with Crippen molar-refractivity contribution in [1.29, 1.82) is 0 Å². The van der Waals surface area contributed by atoms with Crippen molar-refractivity contribution in [3.05, 3.63) is 138 Å². The van der Waals surface area contributed by atoms with Gasteiger partial charge in [0.1, 0.15) is 0 Å². The topological polar surface area (TPSA) is 4.93 Å². The Labute approximate surface area is 214 Å². The van der Waals surface area contributed by atoms with E-state index in [1.807, 2.05) is 0 Å². The Hall–Kier alpha value is -4.10. The standard InChI is InChI=1S/C26H21N.C9H12/c1-18-10-6-7-13-21(18)22-16-17-25-26(19(22)2)23-14-8-9-15-24(23)27(25)20-11-4-3-5-12-20;1-2-6-9-7-4-3-5-8-9/h3-17H,1-2H3;3-5,7-8H,2,6H2,1H3. The molecule has 0 bridgehead atoms. The van der Waals surface area contributed by atoms with Crippen molar-refractivity contribution in [3.8, 4) is 16.8 Å². The molecule has 1 nitrogen and oxygen atoms in total. The largest absolute Gasteiger partial charge is 0.309 e. The van der Waals surface area contributed by atoms with E-state index in [0.717, 1.165) is 0 Å². The zero-order chi connectivity index (χ0) is 24.9. The van der Waals surface area contributed by atoms with E-state index in [-0.39, 0.29) is 0 Å². The monoisotopic (exact) mass is 467 g/mol. The van der Waals surface area contributed by atoms with Gasteiger partial charge >= 0.3 is 0 Å². The first kappa shape index (κ1) is 23.6. The third kappa shape index (κ3) is 4.57. The highest BCUT2D eigenvalue weighted by Gasteiger charge is 2.16. The summed E-state index contributed by atoms with van der Waals surface area (Å²) in [5, 5.41) is 2.65. The molecule has 1 aromatic heterocycles. The van der Waals surface area contributed by atoms with Crippen molar-refractivity contribution in [1.82, 2.24) is 4.57 Å². The maximum atomic E-state index is 2.37. The average molecular weight is 468 g/mol. The van der Waals surface area contributed by atoms with Gasteiger partial charge in [-0.15, -0.1) is 0 Å². The Bertz CT molecular complexity index is 1590. The number of fused-ring (bicyclic) bond motifs is 3. The van der Waals surface area contributed by atoms with E-state index < -0.39 is 0 Å². The van der Waals surface area contributed by atoms with Gasteiger partial charge < -0.3 is 4.57 Å². The van der Waals surface area contributed by atoms with Crippen LogP contribution in [0.1, 0.15) is 30.0 Å². The van der Waals surface area contributed by atoms with Gasteiger partial charge in [-0.25, -0.2) is 0 Å². The highest BCUT2D eigenvalue weighted by molar-refractivity contribution is 6.12. The predicted molar refractivity (Wildman–Crippen MR) is 156 cm³/mol. The third-order valence-electron chi connectivity index (χ3n) is 6.93. The van der Waals surface area contributed by atoms with E-state index in [9.17, 15) is 0 Å². The van der Waals surface area contributed by atoms with Crippen molar-refractivity contribution < 1.29 is 0 Å². The lowest BCUT2D eigenvalue weighted by atomic mass is 9.94. The number of aromatic nitrogens is 1. The molecule has 1 heterocycles. The fourth-order valence-electron chi connectivity index (χ4n) is 5.19. The minimum atomic E-state index is 1.20. The van der Waals surface area contributed by atoms with Crippen molar-refractivity contribution in [2.45, 2.75) is 33.6 Å². The van der Waals surface area contributed by atoms with E-state index in [2.05, 4.69) is 147 Å². The minimum absolute atomic E-state index is 1.20. The normalized spacial score (nSPS) is 10.9. The van der Waals surface area contributed by atoms with E-state index in [1.165, 1.54) is 68.2 Å². The zero-order valence-corrected chi connectivity index (χ0v) is 21.4. The van der Waals surface area contributed by atoms with E-state index >= 15 is 0 Å². The van der Waals surface area contributed by atoms with Crippen LogP contribution in [0.4, 0.5) is 0 Å². The second kappa shape index (κ2) is 10.7. The number of hydrogen-bond acceptors (Lipinski definition) is 0. The molecule has 0 amide bonds. The van der Waals surface area contributed by atoms with Gasteiger partial charge in [-0.2, -0.15) is 0 Å². The smallest absolute Gasteiger partial charge is 0.0544 e. The summed E-state index contributed by atoms with van der Waals surface area (Å²) in [5.41, 5.74) is 10.4. The summed E-state index contributed by atoms with van der Waals surface area (Å²) >= 11 is 0. The van der Waals surface area contributed by atoms with Crippen LogP contribution in [0.25, 0.3) is 38.6 Å². The van der Waals surface area contributed by atoms with Gasteiger partial charge in [-0.05, 0) is 72.4 Å². The molecule has 178 valence electrons. The molecule has 1 heteroatoms. The second-order valence-electron chi connectivity index (χ2n) is 9.37.